The Morgan fingerprint density at radius 2 is 2.42 bits per heavy atom. The number of amides is 1. The number of rotatable bonds is 0. The van der Waals surface area contributed by atoms with E-state index in [2.05, 4.69) is 10.6 Å². The fraction of sp³-hybridized carbons (Fsp3) is 0.875. The van der Waals surface area contributed by atoms with Crippen molar-refractivity contribution >= 4 is 5.91 Å². The first kappa shape index (κ1) is 8.01. The quantitative estimate of drug-likeness (QED) is 0.503. The van der Waals surface area contributed by atoms with Gasteiger partial charge in [-0.1, -0.05) is 0 Å². The van der Waals surface area contributed by atoms with Gasteiger partial charge in [0.2, 0.25) is 5.91 Å². The van der Waals surface area contributed by atoms with Crippen molar-refractivity contribution in [1.82, 2.24) is 10.6 Å². The van der Waals surface area contributed by atoms with Crippen molar-refractivity contribution in [3.05, 3.63) is 0 Å². The van der Waals surface area contributed by atoms with Gasteiger partial charge in [-0.3, -0.25) is 10.1 Å². The lowest BCUT2D eigenvalue weighted by molar-refractivity contribution is -0.131. The molecule has 2 saturated heterocycles. The van der Waals surface area contributed by atoms with Crippen LogP contribution in [0.4, 0.5) is 0 Å². The van der Waals surface area contributed by atoms with Crippen molar-refractivity contribution in [3.63, 3.8) is 0 Å². The normalized spacial score (nSPS) is 41.8. The van der Waals surface area contributed by atoms with E-state index in [4.69, 9.17) is 4.74 Å². The zero-order valence-electron chi connectivity index (χ0n) is 7.22. The first-order valence-electron chi connectivity index (χ1n) is 4.41. The smallest absolute Gasteiger partial charge is 0.243 e. The largest absolute Gasteiger partial charge is 0.376 e. The van der Waals surface area contributed by atoms with E-state index < -0.39 is 5.54 Å². The first-order valence-corrected chi connectivity index (χ1v) is 4.41. The molecule has 2 N–H and O–H groups in total. The predicted octanol–water partition coefficient (Wildman–Crippen LogP) is -0.747. The highest BCUT2D eigenvalue weighted by atomic mass is 16.5. The molecule has 2 unspecified atom stereocenters. The molecule has 2 fully saturated rings. The standard InChI is InChI=1S/C8H14N2O2/c1-6-8(2-5-12-6)7(11)9-3-4-10-8/h6,10H,2-5H2,1H3,(H,9,11). The molecule has 12 heavy (non-hydrogen) atoms. The van der Waals surface area contributed by atoms with Crippen LogP contribution in [0.1, 0.15) is 13.3 Å². The second-order valence-corrected chi connectivity index (χ2v) is 3.42. The SMILES string of the molecule is CC1OCCC12NCCNC2=O. The number of hydrogen-bond acceptors (Lipinski definition) is 3. The van der Waals surface area contributed by atoms with E-state index in [0.717, 1.165) is 19.5 Å². The van der Waals surface area contributed by atoms with Crippen LogP contribution < -0.4 is 10.6 Å². The van der Waals surface area contributed by atoms with E-state index >= 15 is 0 Å². The Bertz CT molecular complexity index is 207. The number of hydrogen-bond donors (Lipinski definition) is 2. The van der Waals surface area contributed by atoms with Crippen molar-refractivity contribution in [1.29, 1.82) is 0 Å². The Labute approximate surface area is 71.7 Å². The summed E-state index contributed by atoms with van der Waals surface area (Å²) in [5.74, 6) is 0.0961. The molecule has 0 bridgehead atoms. The van der Waals surface area contributed by atoms with Crippen molar-refractivity contribution in [3.8, 4) is 0 Å². The minimum absolute atomic E-state index is 0.00204. The minimum atomic E-state index is -0.432. The zero-order valence-corrected chi connectivity index (χ0v) is 7.22. The molecular weight excluding hydrogens is 156 g/mol. The molecule has 4 nitrogen and oxygen atoms in total. The maximum Gasteiger partial charge on any atom is 0.243 e. The third kappa shape index (κ3) is 0.949. The molecule has 2 atom stereocenters. The summed E-state index contributed by atoms with van der Waals surface area (Å²) in [5.41, 5.74) is -0.432. The molecule has 2 aliphatic heterocycles. The number of nitrogens with one attached hydrogen (secondary N) is 2. The summed E-state index contributed by atoms with van der Waals surface area (Å²) in [4.78, 5) is 11.6. The number of piperazine rings is 1. The molecule has 68 valence electrons. The average molecular weight is 170 g/mol. The molecule has 0 aromatic rings. The van der Waals surface area contributed by atoms with Gasteiger partial charge in [0.05, 0.1) is 6.10 Å². The van der Waals surface area contributed by atoms with E-state index in [9.17, 15) is 4.79 Å². The maximum atomic E-state index is 11.6. The van der Waals surface area contributed by atoms with Crippen molar-refractivity contribution < 1.29 is 9.53 Å². The second kappa shape index (κ2) is 2.71. The Morgan fingerprint density at radius 3 is 3.00 bits per heavy atom. The molecule has 1 amide bonds. The summed E-state index contributed by atoms with van der Waals surface area (Å²) >= 11 is 0. The van der Waals surface area contributed by atoms with Gasteiger partial charge in [0.25, 0.3) is 0 Å². The van der Waals surface area contributed by atoms with Crippen LogP contribution in [0.25, 0.3) is 0 Å². The van der Waals surface area contributed by atoms with Crippen LogP contribution in [0.5, 0.6) is 0 Å². The lowest BCUT2D eigenvalue weighted by atomic mass is 9.89. The molecule has 2 heterocycles. The summed E-state index contributed by atoms with van der Waals surface area (Å²) < 4.78 is 5.39. The highest BCUT2D eigenvalue weighted by molar-refractivity contribution is 5.88. The Kier molecular flexibility index (Phi) is 1.81. The van der Waals surface area contributed by atoms with Gasteiger partial charge in [-0.05, 0) is 6.92 Å². The lowest BCUT2D eigenvalue weighted by Crippen LogP contribution is -2.66. The van der Waals surface area contributed by atoms with E-state index in [-0.39, 0.29) is 12.0 Å². The summed E-state index contributed by atoms with van der Waals surface area (Å²) in [6.07, 6.45) is 0.790. The highest BCUT2D eigenvalue weighted by Gasteiger charge is 2.48. The number of ether oxygens (including phenoxy) is 1. The molecule has 0 aromatic heterocycles. The van der Waals surface area contributed by atoms with Crippen LogP contribution in [0.3, 0.4) is 0 Å². The van der Waals surface area contributed by atoms with Crippen molar-refractivity contribution in [2.75, 3.05) is 19.7 Å². The van der Waals surface area contributed by atoms with Gasteiger partial charge in [0.15, 0.2) is 0 Å². The topological polar surface area (TPSA) is 50.4 Å². The van der Waals surface area contributed by atoms with Crippen LogP contribution in [-0.2, 0) is 9.53 Å². The lowest BCUT2D eigenvalue weighted by Gasteiger charge is -2.35. The summed E-state index contributed by atoms with van der Waals surface area (Å²) in [6.45, 7) is 4.21. The van der Waals surface area contributed by atoms with E-state index in [1.165, 1.54) is 0 Å². The molecule has 2 aliphatic rings. The van der Waals surface area contributed by atoms with E-state index in [1.807, 2.05) is 6.92 Å². The molecule has 0 aromatic carbocycles. The molecule has 2 rings (SSSR count). The van der Waals surface area contributed by atoms with Crippen molar-refractivity contribution in [2.45, 2.75) is 25.0 Å². The maximum absolute atomic E-state index is 11.6. The van der Waals surface area contributed by atoms with E-state index in [0.29, 0.717) is 6.61 Å². The van der Waals surface area contributed by atoms with Gasteiger partial charge in [-0.2, -0.15) is 0 Å². The fourth-order valence-corrected chi connectivity index (χ4v) is 1.97. The molecule has 0 radical (unpaired) electrons. The van der Waals surface area contributed by atoms with Gasteiger partial charge in [0, 0.05) is 26.1 Å². The molecule has 4 heteroatoms. The molecule has 1 spiro atoms. The summed E-state index contributed by atoms with van der Waals surface area (Å²) in [5, 5.41) is 6.12. The second-order valence-electron chi connectivity index (χ2n) is 3.42. The Balaban J connectivity index is 2.21. The van der Waals surface area contributed by atoms with E-state index in [1.54, 1.807) is 0 Å². The number of carbonyl (C=O) groups excluding carboxylic acids is 1. The van der Waals surface area contributed by atoms with Gasteiger partial charge >= 0.3 is 0 Å². The van der Waals surface area contributed by atoms with Gasteiger partial charge in [-0.25, -0.2) is 0 Å². The molecule has 0 saturated carbocycles. The Hall–Kier alpha value is -0.610. The minimum Gasteiger partial charge on any atom is -0.376 e. The average Bonchev–Trinajstić information content (AvgIpc) is 2.41. The first-order chi connectivity index (χ1) is 5.76. The Morgan fingerprint density at radius 1 is 1.58 bits per heavy atom. The number of carbonyl (C=O) groups is 1. The third-order valence-corrected chi connectivity index (χ3v) is 2.81. The zero-order chi connectivity index (χ0) is 8.60. The summed E-state index contributed by atoms with van der Waals surface area (Å²) in [7, 11) is 0. The third-order valence-electron chi connectivity index (χ3n) is 2.81. The van der Waals surface area contributed by atoms with Gasteiger partial charge < -0.3 is 10.1 Å². The van der Waals surface area contributed by atoms with Crippen LogP contribution in [0.15, 0.2) is 0 Å². The van der Waals surface area contributed by atoms with Crippen LogP contribution in [0, 0.1) is 0 Å². The molecule has 0 aliphatic carbocycles. The van der Waals surface area contributed by atoms with Crippen LogP contribution in [-0.4, -0.2) is 37.2 Å². The highest BCUT2D eigenvalue weighted by Crippen LogP contribution is 2.26. The fourth-order valence-electron chi connectivity index (χ4n) is 1.97. The van der Waals surface area contributed by atoms with Gasteiger partial charge in [-0.15, -0.1) is 0 Å². The predicted molar refractivity (Wildman–Crippen MR) is 43.8 cm³/mol. The van der Waals surface area contributed by atoms with Crippen LogP contribution >= 0.6 is 0 Å². The van der Waals surface area contributed by atoms with Crippen molar-refractivity contribution in [2.24, 2.45) is 0 Å². The molecular formula is C8H14N2O2. The van der Waals surface area contributed by atoms with Gasteiger partial charge in [0.1, 0.15) is 5.54 Å². The monoisotopic (exact) mass is 170 g/mol. The van der Waals surface area contributed by atoms with Crippen LogP contribution in [0.2, 0.25) is 0 Å². The summed E-state index contributed by atoms with van der Waals surface area (Å²) in [6, 6.07) is 0.